The molecule has 2 aromatic carbocycles. The van der Waals surface area contributed by atoms with Gasteiger partial charge in [-0.25, -0.2) is 8.78 Å². The second kappa shape index (κ2) is 10.5. The van der Waals surface area contributed by atoms with Gasteiger partial charge in [-0.1, -0.05) is 13.8 Å². The van der Waals surface area contributed by atoms with Gasteiger partial charge < -0.3 is 15.3 Å². The molecule has 0 unspecified atom stereocenters. The van der Waals surface area contributed by atoms with Crippen molar-refractivity contribution < 1.29 is 31.9 Å². The van der Waals surface area contributed by atoms with Crippen molar-refractivity contribution in [3.8, 4) is 5.75 Å². The molecule has 1 heterocycles. The molecule has 1 fully saturated rings. The first-order valence-corrected chi connectivity index (χ1v) is 12.1. The second-order valence-electron chi connectivity index (χ2n) is 7.63. The van der Waals surface area contributed by atoms with E-state index in [0.29, 0.717) is 19.2 Å². The molecule has 1 aliphatic rings. The van der Waals surface area contributed by atoms with E-state index in [1.807, 2.05) is 0 Å². The third-order valence-electron chi connectivity index (χ3n) is 5.49. The van der Waals surface area contributed by atoms with Gasteiger partial charge in [-0.05, 0) is 24.3 Å². The lowest BCUT2D eigenvalue weighted by Crippen LogP contribution is -2.54. The van der Waals surface area contributed by atoms with Crippen LogP contribution in [-0.2, 0) is 10.2 Å². The van der Waals surface area contributed by atoms with Crippen LogP contribution in [0.4, 0.5) is 14.5 Å². The Hall–Kier alpha value is -3.09. The molecule has 0 spiro atoms. The second-order valence-corrected chi connectivity index (χ2v) is 9.56. The molecule has 1 saturated heterocycles. The summed E-state index contributed by atoms with van der Waals surface area (Å²) < 4.78 is 54.6. The van der Waals surface area contributed by atoms with Gasteiger partial charge in [-0.3, -0.25) is 9.59 Å². The summed E-state index contributed by atoms with van der Waals surface area (Å²) in [6.45, 7) is 4.78. The summed E-state index contributed by atoms with van der Waals surface area (Å²) in [7, 11) is -3.60. The number of piperazine rings is 1. The van der Waals surface area contributed by atoms with Gasteiger partial charge in [-0.2, -0.15) is 17.0 Å². The van der Waals surface area contributed by atoms with Crippen molar-refractivity contribution in [2.24, 2.45) is 0 Å². The van der Waals surface area contributed by atoms with Gasteiger partial charge in [0, 0.05) is 62.7 Å². The number of nitrogens with zero attached hydrogens (tertiary/aromatic N) is 3. The van der Waals surface area contributed by atoms with Crippen LogP contribution >= 0.6 is 0 Å². The molecular weight excluding hydrogens is 470 g/mol. The predicted octanol–water partition coefficient (Wildman–Crippen LogP) is 2.27. The lowest BCUT2D eigenvalue weighted by atomic mass is 10.1. The van der Waals surface area contributed by atoms with E-state index in [0.717, 1.165) is 18.2 Å². The Morgan fingerprint density at radius 1 is 1.00 bits per heavy atom. The number of anilines is 1. The summed E-state index contributed by atoms with van der Waals surface area (Å²) in [5.41, 5.74) is -0.136. The van der Waals surface area contributed by atoms with Crippen LogP contribution in [0.2, 0.25) is 0 Å². The van der Waals surface area contributed by atoms with E-state index in [-0.39, 0.29) is 43.0 Å². The van der Waals surface area contributed by atoms with Crippen molar-refractivity contribution in [1.29, 1.82) is 0 Å². The minimum atomic E-state index is -3.60. The highest BCUT2D eigenvalue weighted by Crippen LogP contribution is 2.25. The Bertz CT molecular complexity index is 1160. The standard InChI is InChI=1S/C22H26F2N4O5S/c1-3-27(4-2)34(32,33)28-9-7-26(8-10-28)22(31)19-6-5-18(14-20(19)29)25-21(30)15-11-16(23)13-17(24)12-15/h5-6,11-14,29H,3-4,7-10H2,1-2H3,(H,25,30). The number of nitrogens with one attached hydrogen (secondary N) is 1. The van der Waals surface area contributed by atoms with Crippen molar-refractivity contribution in [2.45, 2.75) is 13.8 Å². The highest BCUT2D eigenvalue weighted by molar-refractivity contribution is 7.86. The fraction of sp³-hybridized carbons (Fsp3) is 0.364. The monoisotopic (exact) mass is 496 g/mol. The van der Waals surface area contributed by atoms with E-state index in [4.69, 9.17) is 0 Å². The van der Waals surface area contributed by atoms with Crippen molar-refractivity contribution in [3.63, 3.8) is 0 Å². The number of phenols is 1. The van der Waals surface area contributed by atoms with Gasteiger partial charge in [0.25, 0.3) is 22.0 Å². The maximum absolute atomic E-state index is 13.3. The summed E-state index contributed by atoms with van der Waals surface area (Å²) in [5, 5.41) is 12.8. The van der Waals surface area contributed by atoms with E-state index >= 15 is 0 Å². The molecule has 0 aliphatic carbocycles. The Kier molecular flexibility index (Phi) is 7.85. The number of benzene rings is 2. The molecular formula is C22H26F2N4O5S. The summed E-state index contributed by atoms with van der Waals surface area (Å²) in [4.78, 5) is 26.6. The molecule has 0 bridgehead atoms. The first-order valence-electron chi connectivity index (χ1n) is 10.7. The van der Waals surface area contributed by atoms with Gasteiger partial charge in [-0.15, -0.1) is 0 Å². The maximum atomic E-state index is 13.3. The van der Waals surface area contributed by atoms with Crippen LogP contribution in [0.25, 0.3) is 0 Å². The van der Waals surface area contributed by atoms with Crippen molar-refractivity contribution in [1.82, 2.24) is 13.5 Å². The average Bonchev–Trinajstić information content (AvgIpc) is 2.79. The van der Waals surface area contributed by atoms with Crippen LogP contribution in [0.15, 0.2) is 36.4 Å². The third-order valence-corrected chi connectivity index (χ3v) is 7.68. The van der Waals surface area contributed by atoms with Crippen molar-refractivity contribution >= 4 is 27.7 Å². The zero-order valence-corrected chi connectivity index (χ0v) is 19.6. The molecule has 2 amide bonds. The van der Waals surface area contributed by atoms with E-state index in [9.17, 15) is 31.9 Å². The number of amides is 2. The lowest BCUT2D eigenvalue weighted by molar-refractivity contribution is 0.0691. The van der Waals surface area contributed by atoms with Crippen LogP contribution in [0.5, 0.6) is 5.75 Å². The number of aromatic hydroxyl groups is 1. The third kappa shape index (κ3) is 5.51. The zero-order chi connectivity index (χ0) is 25.0. The molecule has 12 heteroatoms. The normalized spacial score (nSPS) is 14.9. The van der Waals surface area contributed by atoms with Crippen LogP contribution in [0.3, 0.4) is 0 Å². The van der Waals surface area contributed by atoms with E-state index in [1.54, 1.807) is 13.8 Å². The van der Waals surface area contributed by atoms with Gasteiger partial charge in [0.2, 0.25) is 0 Å². The van der Waals surface area contributed by atoms with Crippen molar-refractivity contribution in [3.05, 3.63) is 59.2 Å². The number of rotatable bonds is 7. The molecule has 0 atom stereocenters. The highest BCUT2D eigenvalue weighted by atomic mass is 32.2. The number of carbonyl (C=O) groups is 2. The van der Waals surface area contributed by atoms with E-state index < -0.39 is 39.4 Å². The summed E-state index contributed by atoms with van der Waals surface area (Å²) >= 11 is 0. The first-order chi connectivity index (χ1) is 16.1. The number of carbonyl (C=O) groups excluding carboxylic acids is 2. The van der Waals surface area contributed by atoms with Gasteiger partial charge in [0.05, 0.1) is 5.56 Å². The van der Waals surface area contributed by atoms with Crippen LogP contribution in [0.1, 0.15) is 34.6 Å². The van der Waals surface area contributed by atoms with E-state index in [2.05, 4.69) is 5.32 Å². The molecule has 0 aromatic heterocycles. The maximum Gasteiger partial charge on any atom is 0.282 e. The minimum absolute atomic E-state index is 0.0187. The van der Waals surface area contributed by atoms with Gasteiger partial charge in [0.1, 0.15) is 17.4 Å². The molecule has 3 rings (SSSR count). The first kappa shape index (κ1) is 25.5. The molecule has 9 nitrogen and oxygen atoms in total. The van der Waals surface area contributed by atoms with E-state index in [1.165, 1.54) is 25.6 Å². The predicted molar refractivity (Wildman–Crippen MR) is 122 cm³/mol. The fourth-order valence-corrected chi connectivity index (χ4v) is 5.29. The van der Waals surface area contributed by atoms with Crippen LogP contribution in [0, 0.1) is 11.6 Å². The molecule has 1 aliphatic heterocycles. The Balaban J connectivity index is 1.66. The molecule has 0 radical (unpaired) electrons. The average molecular weight is 497 g/mol. The quantitative estimate of drug-likeness (QED) is 0.611. The summed E-state index contributed by atoms with van der Waals surface area (Å²) in [6.07, 6.45) is 0. The molecule has 34 heavy (non-hydrogen) atoms. The Morgan fingerprint density at radius 2 is 1.59 bits per heavy atom. The Morgan fingerprint density at radius 3 is 2.12 bits per heavy atom. The van der Waals surface area contributed by atoms with Crippen LogP contribution < -0.4 is 5.32 Å². The van der Waals surface area contributed by atoms with Crippen molar-refractivity contribution in [2.75, 3.05) is 44.6 Å². The lowest BCUT2D eigenvalue weighted by Gasteiger charge is -2.36. The number of hydrogen-bond acceptors (Lipinski definition) is 5. The number of hydrogen-bond donors (Lipinski definition) is 2. The topological polar surface area (TPSA) is 110 Å². The molecule has 2 aromatic rings. The van der Waals surface area contributed by atoms with Crippen LogP contribution in [-0.4, -0.2) is 78.1 Å². The SMILES string of the molecule is CCN(CC)S(=O)(=O)N1CCN(C(=O)c2ccc(NC(=O)c3cc(F)cc(F)c3)cc2O)CC1. The van der Waals surface area contributed by atoms with Gasteiger partial charge in [0.15, 0.2) is 0 Å². The van der Waals surface area contributed by atoms with Gasteiger partial charge >= 0.3 is 0 Å². The minimum Gasteiger partial charge on any atom is -0.507 e. The molecule has 2 N–H and O–H groups in total. The molecule has 0 saturated carbocycles. The molecule has 184 valence electrons. The highest BCUT2D eigenvalue weighted by Gasteiger charge is 2.32. The smallest absolute Gasteiger partial charge is 0.282 e. The fourth-order valence-electron chi connectivity index (χ4n) is 3.68. The largest absolute Gasteiger partial charge is 0.507 e. The Labute approximate surface area is 196 Å². The summed E-state index contributed by atoms with van der Waals surface area (Å²) in [5.74, 6) is -3.48. The zero-order valence-electron chi connectivity index (χ0n) is 18.8. The number of phenolic OH excluding ortho intramolecular Hbond substituents is 1. The summed E-state index contributed by atoms with van der Waals surface area (Å²) in [6, 6.07) is 6.23. The number of halogens is 2.